The fourth-order valence-corrected chi connectivity index (χ4v) is 2.68. The van der Waals surface area contributed by atoms with Gasteiger partial charge in [0.2, 0.25) is 0 Å². The van der Waals surface area contributed by atoms with Crippen molar-refractivity contribution in [1.29, 1.82) is 0 Å². The topological polar surface area (TPSA) is 0 Å². The SMILES string of the molecule is CCCC1CCC(CCCl)CC1. The molecule has 0 saturated heterocycles. The highest BCUT2D eigenvalue weighted by molar-refractivity contribution is 6.17. The van der Waals surface area contributed by atoms with Crippen LogP contribution in [0.25, 0.3) is 0 Å². The molecule has 0 bridgehead atoms. The van der Waals surface area contributed by atoms with Crippen LogP contribution in [0.15, 0.2) is 0 Å². The fourth-order valence-electron chi connectivity index (χ4n) is 2.37. The fraction of sp³-hybridized carbons (Fsp3) is 1.00. The zero-order chi connectivity index (χ0) is 8.81. The summed E-state index contributed by atoms with van der Waals surface area (Å²) in [5.74, 6) is 2.86. The van der Waals surface area contributed by atoms with E-state index >= 15 is 0 Å². The van der Waals surface area contributed by atoms with E-state index in [1.54, 1.807) is 0 Å². The summed E-state index contributed by atoms with van der Waals surface area (Å²) in [6.45, 7) is 2.30. The van der Waals surface area contributed by atoms with Crippen LogP contribution in [-0.2, 0) is 0 Å². The van der Waals surface area contributed by atoms with Crippen LogP contribution in [0.5, 0.6) is 0 Å². The average molecular weight is 189 g/mol. The summed E-state index contributed by atoms with van der Waals surface area (Å²) in [6.07, 6.45) is 9.89. The molecule has 1 heteroatoms. The molecule has 0 N–H and O–H groups in total. The molecular formula is C11H21Cl. The van der Waals surface area contributed by atoms with Gasteiger partial charge in [-0.2, -0.15) is 0 Å². The van der Waals surface area contributed by atoms with Crippen molar-refractivity contribution in [2.45, 2.75) is 51.9 Å². The lowest BCUT2D eigenvalue weighted by Gasteiger charge is -2.27. The second-order valence-corrected chi connectivity index (χ2v) is 4.53. The molecule has 0 atom stereocenters. The first-order valence-corrected chi connectivity index (χ1v) is 5.96. The van der Waals surface area contributed by atoms with E-state index in [1.165, 1.54) is 44.9 Å². The van der Waals surface area contributed by atoms with Gasteiger partial charge in [-0.25, -0.2) is 0 Å². The molecule has 1 rings (SSSR count). The van der Waals surface area contributed by atoms with Gasteiger partial charge in [0.25, 0.3) is 0 Å². The van der Waals surface area contributed by atoms with Gasteiger partial charge in [0.1, 0.15) is 0 Å². The highest BCUT2D eigenvalue weighted by Crippen LogP contribution is 2.33. The maximum Gasteiger partial charge on any atom is 0.0226 e. The predicted octanol–water partition coefficient (Wildman–Crippen LogP) is 4.22. The molecular weight excluding hydrogens is 168 g/mol. The zero-order valence-corrected chi connectivity index (χ0v) is 8.95. The van der Waals surface area contributed by atoms with Gasteiger partial charge in [-0.05, 0) is 18.3 Å². The maximum atomic E-state index is 5.73. The van der Waals surface area contributed by atoms with E-state index in [4.69, 9.17) is 11.6 Å². The van der Waals surface area contributed by atoms with Crippen LogP contribution in [0.1, 0.15) is 51.9 Å². The number of alkyl halides is 1. The van der Waals surface area contributed by atoms with Crippen LogP contribution >= 0.6 is 11.6 Å². The smallest absolute Gasteiger partial charge is 0.0226 e. The van der Waals surface area contributed by atoms with Gasteiger partial charge < -0.3 is 0 Å². The average Bonchev–Trinajstić information content (AvgIpc) is 2.09. The quantitative estimate of drug-likeness (QED) is 0.580. The Bertz CT molecular complexity index is 89.6. The molecule has 0 aromatic heterocycles. The molecule has 1 saturated carbocycles. The third kappa shape index (κ3) is 3.35. The number of rotatable bonds is 4. The van der Waals surface area contributed by atoms with Gasteiger partial charge in [0.05, 0.1) is 0 Å². The van der Waals surface area contributed by atoms with E-state index < -0.39 is 0 Å². The minimum atomic E-state index is 0.864. The lowest BCUT2D eigenvalue weighted by molar-refractivity contribution is 0.258. The Kier molecular flexibility index (Phi) is 5.06. The van der Waals surface area contributed by atoms with Crippen molar-refractivity contribution in [3.63, 3.8) is 0 Å². The van der Waals surface area contributed by atoms with Crippen molar-refractivity contribution in [3.8, 4) is 0 Å². The molecule has 0 nitrogen and oxygen atoms in total. The van der Waals surface area contributed by atoms with Crippen molar-refractivity contribution in [3.05, 3.63) is 0 Å². The third-order valence-electron chi connectivity index (χ3n) is 3.18. The van der Waals surface area contributed by atoms with Gasteiger partial charge in [-0.3, -0.25) is 0 Å². The Balaban J connectivity index is 2.11. The summed E-state index contributed by atoms with van der Waals surface area (Å²) in [7, 11) is 0. The van der Waals surface area contributed by atoms with Crippen LogP contribution in [0, 0.1) is 11.8 Å². The molecule has 72 valence electrons. The molecule has 0 heterocycles. The van der Waals surface area contributed by atoms with E-state index in [-0.39, 0.29) is 0 Å². The molecule has 1 aliphatic carbocycles. The molecule has 0 aromatic carbocycles. The lowest BCUT2D eigenvalue weighted by Crippen LogP contribution is -2.14. The van der Waals surface area contributed by atoms with Crippen LogP contribution in [0.2, 0.25) is 0 Å². The maximum absolute atomic E-state index is 5.73. The largest absolute Gasteiger partial charge is 0.127 e. The Morgan fingerprint density at radius 3 is 1.92 bits per heavy atom. The van der Waals surface area contributed by atoms with Gasteiger partial charge in [-0.1, -0.05) is 45.4 Å². The summed E-state index contributed by atoms with van der Waals surface area (Å²) >= 11 is 5.73. The minimum absolute atomic E-state index is 0.864. The second kappa shape index (κ2) is 5.85. The van der Waals surface area contributed by atoms with Crippen LogP contribution < -0.4 is 0 Å². The van der Waals surface area contributed by atoms with Gasteiger partial charge in [0, 0.05) is 5.88 Å². The first kappa shape index (κ1) is 10.4. The van der Waals surface area contributed by atoms with E-state index in [0.29, 0.717) is 0 Å². The molecule has 1 fully saturated rings. The zero-order valence-electron chi connectivity index (χ0n) is 8.19. The van der Waals surface area contributed by atoms with Crippen molar-refractivity contribution in [1.82, 2.24) is 0 Å². The summed E-state index contributed by atoms with van der Waals surface area (Å²) in [5.41, 5.74) is 0. The normalized spacial score (nSPS) is 30.5. The van der Waals surface area contributed by atoms with Crippen molar-refractivity contribution < 1.29 is 0 Å². The molecule has 12 heavy (non-hydrogen) atoms. The summed E-state index contributed by atoms with van der Waals surface area (Å²) in [4.78, 5) is 0. The predicted molar refractivity (Wildman–Crippen MR) is 55.7 cm³/mol. The standard InChI is InChI=1S/C11H21Cl/c1-2-3-10-4-6-11(7-5-10)8-9-12/h10-11H,2-9H2,1H3. The van der Waals surface area contributed by atoms with E-state index in [1.807, 2.05) is 0 Å². The van der Waals surface area contributed by atoms with E-state index in [0.717, 1.165) is 17.7 Å². The van der Waals surface area contributed by atoms with Crippen LogP contribution in [-0.4, -0.2) is 5.88 Å². The van der Waals surface area contributed by atoms with Crippen molar-refractivity contribution in [2.75, 3.05) is 5.88 Å². The number of hydrogen-bond acceptors (Lipinski definition) is 0. The Hall–Kier alpha value is 0.290. The van der Waals surface area contributed by atoms with Crippen molar-refractivity contribution >= 4 is 11.6 Å². The highest BCUT2D eigenvalue weighted by Gasteiger charge is 2.19. The molecule has 0 radical (unpaired) electrons. The minimum Gasteiger partial charge on any atom is -0.127 e. The van der Waals surface area contributed by atoms with Gasteiger partial charge in [0.15, 0.2) is 0 Å². The Morgan fingerprint density at radius 1 is 1.00 bits per heavy atom. The Morgan fingerprint density at radius 2 is 1.50 bits per heavy atom. The molecule has 0 aromatic rings. The van der Waals surface area contributed by atoms with Gasteiger partial charge in [-0.15, -0.1) is 11.6 Å². The first-order chi connectivity index (χ1) is 5.86. The van der Waals surface area contributed by atoms with E-state index in [9.17, 15) is 0 Å². The van der Waals surface area contributed by atoms with Crippen LogP contribution in [0.4, 0.5) is 0 Å². The molecule has 1 aliphatic rings. The summed E-state index contributed by atoms with van der Waals surface area (Å²) < 4.78 is 0. The Labute approximate surface area is 81.7 Å². The number of halogens is 1. The summed E-state index contributed by atoms with van der Waals surface area (Å²) in [6, 6.07) is 0. The van der Waals surface area contributed by atoms with E-state index in [2.05, 4.69) is 6.92 Å². The molecule has 0 unspecified atom stereocenters. The number of hydrogen-bond donors (Lipinski definition) is 0. The molecule has 0 aliphatic heterocycles. The molecule has 0 amide bonds. The highest BCUT2D eigenvalue weighted by atomic mass is 35.5. The lowest BCUT2D eigenvalue weighted by atomic mass is 9.79. The third-order valence-corrected chi connectivity index (χ3v) is 3.40. The first-order valence-electron chi connectivity index (χ1n) is 5.42. The van der Waals surface area contributed by atoms with Crippen LogP contribution in [0.3, 0.4) is 0 Å². The van der Waals surface area contributed by atoms with Gasteiger partial charge >= 0.3 is 0 Å². The second-order valence-electron chi connectivity index (χ2n) is 4.15. The monoisotopic (exact) mass is 188 g/mol. The molecule has 0 spiro atoms. The summed E-state index contributed by atoms with van der Waals surface area (Å²) in [5, 5.41) is 0. The van der Waals surface area contributed by atoms with Crippen molar-refractivity contribution in [2.24, 2.45) is 11.8 Å².